The van der Waals surface area contributed by atoms with Gasteiger partial charge in [0.25, 0.3) is 0 Å². The Morgan fingerprint density at radius 1 is 1.29 bits per heavy atom. The molecule has 24 heavy (non-hydrogen) atoms. The van der Waals surface area contributed by atoms with E-state index in [1.165, 1.54) is 24.2 Å². The summed E-state index contributed by atoms with van der Waals surface area (Å²) in [4.78, 5) is 30.2. The Hall–Kier alpha value is -2.21. The van der Waals surface area contributed by atoms with E-state index in [1.54, 1.807) is 4.90 Å². The maximum Gasteiger partial charge on any atom is 0.230 e. The van der Waals surface area contributed by atoms with Gasteiger partial charge in [-0.15, -0.1) is 11.3 Å². The minimum Gasteiger partial charge on any atom is -0.312 e. The predicted octanol–water partition coefficient (Wildman–Crippen LogP) is 3.33. The van der Waals surface area contributed by atoms with Gasteiger partial charge < -0.3 is 10.2 Å². The van der Waals surface area contributed by atoms with Crippen LogP contribution < -0.4 is 10.2 Å². The summed E-state index contributed by atoms with van der Waals surface area (Å²) in [5.74, 6) is 0.722. The highest BCUT2D eigenvalue weighted by molar-refractivity contribution is 7.13. The van der Waals surface area contributed by atoms with Gasteiger partial charge in [-0.1, -0.05) is 12.1 Å². The molecule has 0 unspecified atom stereocenters. The predicted molar refractivity (Wildman–Crippen MR) is 94.5 cm³/mol. The molecule has 0 atom stereocenters. The molecule has 5 nitrogen and oxygen atoms in total. The lowest BCUT2D eigenvalue weighted by molar-refractivity contribution is -0.117. The molecule has 0 radical (unpaired) electrons. The van der Waals surface area contributed by atoms with Crippen LogP contribution in [0.4, 0.5) is 10.8 Å². The molecule has 2 fully saturated rings. The highest BCUT2D eigenvalue weighted by atomic mass is 32.1. The van der Waals surface area contributed by atoms with Crippen molar-refractivity contribution in [3.8, 4) is 0 Å². The molecule has 1 aliphatic heterocycles. The van der Waals surface area contributed by atoms with E-state index in [0.29, 0.717) is 23.9 Å². The molecule has 2 amide bonds. The second-order valence-electron chi connectivity index (χ2n) is 6.39. The molecule has 2 aromatic rings. The number of carbonyl (C=O) groups is 2. The molecule has 1 aromatic carbocycles. The van der Waals surface area contributed by atoms with Crippen molar-refractivity contribution < 1.29 is 9.59 Å². The number of hydrogen-bond acceptors (Lipinski definition) is 4. The van der Waals surface area contributed by atoms with Gasteiger partial charge in [0.1, 0.15) is 0 Å². The van der Waals surface area contributed by atoms with Gasteiger partial charge in [0.05, 0.1) is 12.1 Å². The zero-order valence-electron chi connectivity index (χ0n) is 13.3. The minimum atomic E-state index is -0.0586. The van der Waals surface area contributed by atoms with E-state index in [0.717, 1.165) is 29.9 Å². The van der Waals surface area contributed by atoms with Crippen LogP contribution in [0.3, 0.4) is 0 Å². The maximum absolute atomic E-state index is 12.2. The zero-order chi connectivity index (χ0) is 16.5. The van der Waals surface area contributed by atoms with E-state index in [1.807, 2.05) is 29.6 Å². The fraction of sp³-hybridized carbons (Fsp3) is 0.389. The third-order valence-electron chi connectivity index (χ3n) is 4.45. The molecule has 4 rings (SSSR count). The summed E-state index contributed by atoms with van der Waals surface area (Å²) >= 11 is 1.49. The standard InChI is InChI=1S/C18H19N3O2S/c22-16(20-18-19-15(11-24-18)13-5-6-13)10-12-3-7-14(8-4-12)21-9-1-2-17(21)23/h3-4,7-8,11,13H,1-2,5-6,9-10H2,(H,19,20,22). The van der Waals surface area contributed by atoms with Gasteiger partial charge in [0.15, 0.2) is 5.13 Å². The molecule has 0 bridgehead atoms. The Labute approximate surface area is 144 Å². The summed E-state index contributed by atoms with van der Waals surface area (Å²) in [6, 6.07) is 7.66. The molecular weight excluding hydrogens is 322 g/mol. The van der Waals surface area contributed by atoms with Crippen LogP contribution in [0.25, 0.3) is 0 Å². The largest absolute Gasteiger partial charge is 0.312 e. The highest BCUT2D eigenvalue weighted by Crippen LogP contribution is 2.40. The van der Waals surface area contributed by atoms with Crippen LogP contribution in [0.1, 0.15) is 42.9 Å². The number of benzene rings is 1. The number of nitrogens with zero attached hydrogens (tertiary/aromatic N) is 2. The third kappa shape index (κ3) is 3.33. The summed E-state index contributed by atoms with van der Waals surface area (Å²) in [6.45, 7) is 0.784. The maximum atomic E-state index is 12.2. The van der Waals surface area contributed by atoms with E-state index in [4.69, 9.17) is 0 Å². The molecule has 6 heteroatoms. The van der Waals surface area contributed by atoms with Crippen LogP contribution in [0, 0.1) is 0 Å². The van der Waals surface area contributed by atoms with Gasteiger partial charge in [-0.05, 0) is 37.0 Å². The number of thiazole rings is 1. The van der Waals surface area contributed by atoms with E-state index in [9.17, 15) is 9.59 Å². The number of amides is 2. The summed E-state index contributed by atoms with van der Waals surface area (Å²) in [5.41, 5.74) is 2.95. The third-order valence-corrected chi connectivity index (χ3v) is 5.23. The Kier molecular flexibility index (Phi) is 4.06. The first-order valence-corrected chi connectivity index (χ1v) is 9.21. The van der Waals surface area contributed by atoms with Crippen molar-refractivity contribution in [3.63, 3.8) is 0 Å². The summed E-state index contributed by atoms with van der Waals surface area (Å²) in [6.07, 6.45) is 4.28. The van der Waals surface area contributed by atoms with E-state index < -0.39 is 0 Å². The number of hydrogen-bond donors (Lipinski definition) is 1. The number of nitrogens with one attached hydrogen (secondary N) is 1. The average Bonchev–Trinajstić information content (AvgIpc) is 3.18. The van der Waals surface area contributed by atoms with Crippen molar-refractivity contribution in [3.05, 3.63) is 40.9 Å². The normalized spacial score (nSPS) is 17.3. The van der Waals surface area contributed by atoms with Crippen molar-refractivity contribution >= 4 is 34.0 Å². The molecular formula is C18H19N3O2S. The lowest BCUT2D eigenvalue weighted by Crippen LogP contribution is -2.23. The van der Waals surface area contributed by atoms with Gasteiger partial charge in [-0.3, -0.25) is 9.59 Å². The molecule has 124 valence electrons. The number of anilines is 2. The number of rotatable bonds is 5. The van der Waals surface area contributed by atoms with Crippen molar-refractivity contribution in [2.45, 2.75) is 38.0 Å². The summed E-state index contributed by atoms with van der Waals surface area (Å²) in [7, 11) is 0. The molecule has 1 saturated carbocycles. The second kappa shape index (κ2) is 6.36. The van der Waals surface area contributed by atoms with Crippen LogP contribution in [0.2, 0.25) is 0 Å². The summed E-state index contributed by atoms with van der Waals surface area (Å²) < 4.78 is 0. The lowest BCUT2D eigenvalue weighted by atomic mass is 10.1. The molecule has 1 N–H and O–H groups in total. The first kappa shape index (κ1) is 15.3. The molecule has 2 heterocycles. The van der Waals surface area contributed by atoms with Crippen molar-refractivity contribution in [1.29, 1.82) is 0 Å². The molecule has 1 saturated heterocycles. The second-order valence-corrected chi connectivity index (χ2v) is 7.25. The molecule has 0 spiro atoms. The van der Waals surface area contributed by atoms with E-state index in [2.05, 4.69) is 10.3 Å². The smallest absolute Gasteiger partial charge is 0.230 e. The fourth-order valence-electron chi connectivity index (χ4n) is 2.97. The monoisotopic (exact) mass is 341 g/mol. The first-order valence-electron chi connectivity index (χ1n) is 8.33. The minimum absolute atomic E-state index is 0.0586. The SMILES string of the molecule is O=C(Cc1ccc(N2CCCC2=O)cc1)Nc1nc(C2CC2)cs1. The van der Waals surface area contributed by atoms with E-state index >= 15 is 0 Å². The highest BCUT2D eigenvalue weighted by Gasteiger charge is 2.26. The van der Waals surface area contributed by atoms with Crippen molar-refractivity contribution in [1.82, 2.24) is 4.98 Å². The van der Waals surface area contributed by atoms with Gasteiger partial charge in [0, 0.05) is 30.0 Å². The van der Waals surface area contributed by atoms with Gasteiger partial charge >= 0.3 is 0 Å². The van der Waals surface area contributed by atoms with Crippen molar-refractivity contribution in [2.75, 3.05) is 16.8 Å². The first-order chi connectivity index (χ1) is 11.7. The van der Waals surface area contributed by atoms with Gasteiger partial charge in [0.2, 0.25) is 11.8 Å². The zero-order valence-corrected chi connectivity index (χ0v) is 14.1. The number of aromatic nitrogens is 1. The average molecular weight is 341 g/mol. The van der Waals surface area contributed by atoms with Crippen LogP contribution in [0.5, 0.6) is 0 Å². The van der Waals surface area contributed by atoms with E-state index in [-0.39, 0.29) is 11.8 Å². The Bertz CT molecular complexity index is 765. The Morgan fingerprint density at radius 2 is 2.08 bits per heavy atom. The van der Waals surface area contributed by atoms with Crippen LogP contribution in [0.15, 0.2) is 29.6 Å². The lowest BCUT2D eigenvalue weighted by Gasteiger charge is -2.15. The molecule has 2 aliphatic rings. The summed E-state index contributed by atoms with van der Waals surface area (Å²) in [5, 5.41) is 5.59. The number of carbonyl (C=O) groups excluding carboxylic acids is 2. The molecule has 1 aromatic heterocycles. The van der Waals surface area contributed by atoms with Crippen molar-refractivity contribution in [2.24, 2.45) is 0 Å². The fourth-order valence-corrected chi connectivity index (χ4v) is 3.78. The van der Waals surface area contributed by atoms with Crippen LogP contribution in [-0.4, -0.2) is 23.3 Å². The van der Waals surface area contributed by atoms with Crippen LogP contribution >= 0.6 is 11.3 Å². The van der Waals surface area contributed by atoms with Gasteiger partial charge in [-0.25, -0.2) is 4.98 Å². The Morgan fingerprint density at radius 3 is 2.75 bits per heavy atom. The topological polar surface area (TPSA) is 62.3 Å². The van der Waals surface area contributed by atoms with Crippen LogP contribution in [-0.2, 0) is 16.0 Å². The Balaban J connectivity index is 1.35. The quantitative estimate of drug-likeness (QED) is 0.907. The van der Waals surface area contributed by atoms with Gasteiger partial charge in [-0.2, -0.15) is 0 Å². The molecule has 1 aliphatic carbocycles.